The van der Waals surface area contributed by atoms with Gasteiger partial charge in [0.25, 0.3) is 5.91 Å². The molecule has 4 nitrogen and oxygen atoms in total. The molecular weight excluding hydrogens is 241 g/mol. The molecule has 0 fully saturated rings. The Morgan fingerprint density at radius 2 is 2.29 bits per heavy atom. The van der Waals surface area contributed by atoms with Crippen LogP contribution in [-0.2, 0) is 0 Å². The SMILES string of the molecule is C#Cc1ccc(F)c(-c2nc(C(N)=O)ns2)c1. The number of hydrogen-bond donors (Lipinski definition) is 1. The van der Waals surface area contributed by atoms with Crippen LogP contribution in [-0.4, -0.2) is 15.3 Å². The van der Waals surface area contributed by atoms with Crippen molar-refractivity contribution in [2.24, 2.45) is 5.73 Å². The number of carbonyl (C=O) groups is 1. The van der Waals surface area contributed by atoms with E-state index in [1.54, 1.807) is 0 Å². The van der Waals surface area contributed by atoms with Gasteiger partial charge in [-0.25, -0.2) is 9.37 Å². The Morgan fingerprint density at radius 3 is 2.88 bits per heavy atom. The third-order valence-corrected chi connectivity index (χ3v) is 2.76. The zero-order chi connectivity index (χ0) is 12.4. The number of rotatable bonds is 2. The average molecular weight is 247 g/mol. The molecule has 17 heavy (non-hydrogen) atoms. The Balaban J connectivity index is 2.52. The second-order valence-corrected chi connectivity index (χ2v) is 3.88. The number of amides is 1. The van der Waals surface area contributed by atoms with Gasteiger partial charge in [-0.3, -0.25) is 4.79 Å². The maximum atomic E-state index is 13.6. The van der Waals surface area contributed by atoms with Crippen LogP contribution >= 0.6 is 11.5 Å². The molecule has 6 heteroatoms. The summed E-state index contributed by atoms with van der Waals surface area (Å²) in [6, 6.07) is 4.20. The van der Waals surface area contributed by atoms with Gasteiger partial charge in [-0.05, 0) is 29.7 Å². The van der Waals surface area contributed by atoms with Gasteiger partial charge in [0.05, 0.1) is 0 Å². The molecule has 2 rings (SSSR count). The Morgan fingerprint density at radius 1 is 1.53 bits per heavy atom. The monoisotopic (exact) mass is 247 g/mol. The van der Waals surface area contributed by atoms with Crippen LogP contribution in [0, 0.1) is 18.2 Å². The highest BCUT2D eigenvalue weighted by atomic mass is 32.1. The molecule has 0 spiro atoms. The van der Waals surface area contributed by atoms with Crippen molar-refractivity contribution in [2.75, 3.05) is 0 Å². The van der Waals surface area contributed by atoms with Gasteiger partial charge in [-0.2, -0.15) is 4.37 Å². The maximum absolute atomic E-state index is 13.6. The van der Waals surface area contributed by atoms with E-state index in [1.165, 1.54) is 18.2 Å². The highest BCUT2D eigenvalue weighted by molar-refractivity contribution is 7.09. The van der Waals surface area contributed by atoms with Crippen molar-refractivity contribution in [3.63, 3.8) is 0 Å². The second kappa shape index (κ2) is 4.31. The largest absolute Gasteiger partial charge is 0.363 e. The lowest BCUT2D eigenvalue weighted by Crippen LogP contribution is -2.12. The lowest BCUT2D eigenvalue weighted by Gasteiger charge is -1.98. The van der Waals surface area contributed by atoms with Crippen LogP contribution in [0.4, 0.5) is 4.39 Å². The normalized spacial score (nSPS) is 9.88. The van der Waals surface area contributed by atoms with Crippen LogP contribution in [0.15, 0.2) is 18.2 Å². The van der Waals surface area contributed by atoms with Crippen molar-refractivity contribution in [2.45, 2.75) is 0 Å². The first kappa shape index (κ1) is 11.2. The third-order valence-electron chi connectivity index (χ3n) is 2.01. The van der Waals surface area contributed by atoms with Crippen molar-refractivity contribution in [1.29, 1.82) is 0 Å². The van der Waals surface area contributed by atoms with E-state index in [4.69, 9.17) is 12.2 Å². The van der Waals surface area contributed by atoms with E-state index in [9.17, 15) is 9.18 Å². The minimum atomic E-state index is -0.749. The lowest BCUT2D eigenvalue weighted by atomic mass is 10.1. The van der Waals surface area contributed by atoms with Crippen LogP contribution in [0.3, 0.4) is 0 Å². The quantitative estimate of drug-likeness (QED) is 0.816. The van der Waals surface area contributed by atoms with Gasteiger partial charge >= 0.3 is 0 Å². The molecule has 0 atom stereocenters. The predicted octanol–water partition coefficient (Wildman–Crippen LogP) is 1.42. The van der Waals surface area contributed by atoms with Crippen molar-refractivity contribution in [1.82, 2.24) is 9.36 Å². The molecule has 0 saturated carbocycles. The van der Waals surface area contributed by atoms with Crippen molar-refractivity contribution < 1.29 is 9.18 Å². The number of halogens is 1. The van der Waals surface area contributed by atoms with E-state index in [-0.39, 0.29) is 16.4 Å². The van der Waals surface area contributed by atoms with Gasteiger partial charge in [0.1, 0.15) is 10.8 Å². The molecule has 1 amide bonds. The summed E-state index contributed by atoms with van der Waals surface area (Å²) in [6.45, 7) is 0. The Bertz CT molecular complexity index is 630. The standard InChI is InChI=1S/C11H6FN3OS/c1-2-6-3-4-8(12)7(5-6)11-14-10(9(13)16)15-17-11/h1,3-5H,(H2,13,16). The second-order valence-electron chi connectivity index (χ2n) is 3.13. The number of aromatic nitrogens is 2. The summed E-state index contributed by atoms with van der Waals surface area (Å²) in [4.78, 5) is 14.7. The minimum Gasteiger partial charge on any atom is -0.363 e. The van der Waals surface area contributed by atoms with Crippen LogP contribution in [0.25, 0.3) is 10.6 Å². The number of hydrogen-bond acceptors (Lipinski definition) is 4. The van der Waals surface area contributed by atoms with Crippen molar-refractivity contribution >= 4 is 17.4 Å². The highest BCUT2D eigenvalue weighted by Gasteiger charge is 2.14. The molecule has 2 N–H and O–H groups in total. The zero-order valence-electron chi connectivity index (χ0n) is 8.48. The summed E-state index contributed by atoms with van der Waals surface area (Å²) >= 11 is 0.894. The van der Waals surface area contributed by atoms with Gasteiger partial charge in [-0.15, -0.1) is 6.42 Å². The summed E-state index contributed by atoms with van der Waals surface area (Å²) in [5, 5.41) is 0.272. The molecular formula is C11H6FN3OS. The fraction of sp³-hybridized carbons (Fsp3) is 0. The smallest absolute Gasteiger partial charge is 0.287 e. The van der Waals surface area contributed by atoms with E-state index < -0.39 is 11.7 Å². The van der Waals surface area contributed by atoms with Crippen LogP contribution in [0.5, 0.6) is 0 Å². The first-order valence-corrected chi connectivity index (χ1v) is 5.29. The van der Waals surface area contributed by atoms with Crippen molar-refractivity contribution in [3.05, 3.63) is 35.4 Å². The molecule has 0 bridgehead atoms. The highest BCUT2D eigenvalue weighted by Crippen LogP contribution is 2.25. The summed E-state index contributed by atoms with van der Waals surface area (Å²) in [6.07, 6.45) is 5.22. The molecule has 84 valence electrons. The third kappa shape index (κ3) is 2.14. The fourth-order valence-corrected chi connectivity index (χ4v) is 1.90. The number of benzene rings is 1. The summed E-state index contributed by atoms with van der Waals surface area (Å²) in [5.74, 6) is 1.04. The summed E-state index contributed by atoms with van der Waals surface area (Å²) < 4.78 is 17.3. The fourth-order valence-electron chi connectivity index (χ4n) is 1.21. The summed E-state index contributed by atoms with van der Waals surface area (Å²) in [5.41, 5.74) is 5.75. The minimum absolute atomic E-state index is 0.129. The first-order valence-electron chi connectivity index (χ1n) is 4.52. The lowest BCUT2D eigenvalue weighted by molar-refractivity contribution is 0.0992. The van der Waals surface area contributed by atoms with Gasteiger partial charge in [0, 0.05) is 11.1 Å². The molecule has 1 aromatic carbocycles. The van der Waals surface area contributed by atoms with E-state index >= 15 is 0 Å². The molecule has 0 aliphatic carbocycles. The van der Waals surface area contributed by atoms with Crippen LogP contribution < -0.4 is 5.73 Å². The molecule has 1 heterocycles. The molecule has 0 aliphatic rings. The Kier molecular flexibility index (Phi) is 2.85. The van der Waals surface area contributed by atoms with Gasteiger partial charge in [0.15, 0.2) is 0 Å². The number of primary amides is 1. The zero-order valence-corrected chi connectivity index (χ0v) is 9.29. The topological polar surface area (TPSA) is 68.9 Å². The predicted molar refractivity (Wildman–Crippen MR) is 61.8 cm³/mol. The van der Waals surface area contributed by atoms with E-state index in [2.05, 4.69) is 15.3 Å². The number of nitrogens with zero attached hydrogens (tertiary/aromatic N) is 2. The number of carbonyl (C=O) groups excluding carboxylic acids is 1. The molecule has 0 saturated heterocycles. The van der Waals surface area contributed by atoms with Crippen LogP contribution in [0.1, 0.15) is 16.2 Å². The van der Waals surface area contributed by atoms with Gasteiger partial charge in [0.2, 0.25) is 5.82 Å². The Labute approximate surface area is 100 Å². The number of nitrogens with two attached hydrogens (primary N) is 1. The average Bonchev–Trinajstić information content (AvgIpc) is 2.79. The van der Waals surface area contributed by atoms with E-state index in [0.29, 0.717) is 5.56 Å². The van der Waals surface area contributed by atoms with E-state index in [0.717, 1.165) is 11.5 Å². The van der Waals surface area contributed by atoms with Gasteiger partial charge in [-0.1, -0.05) is 5.92 Å². The molecule has 2 aromatic rings. The Hall–Kier alpha value is -2.26. The molecule has 1 aromatic heterocycles. The van der Waals surface area contributed by atoms with Crippen molar-refractivity contribution in [3.8, 4) is 22.9 Å². The van der Waals surface area contributed by atoms with Gasteiger partial charge < -0.3 is 5.73 Å². The number of terminal acetylenes is 1. The molecule has 0 radical (unpaired) electrons. The summed E-state index contributed by atoms with van der Waals surface area (Å²) in [7, 11) is 0. The first-order chi connectivity index (χ1) is 8.11. The maximum Gasteiger partial charge on any atom is 0.287 e. The van der Waals surface area contributed by atoms with E-state index in [1.807, 2.05) is 0 Å². The molecule has 0 unspecified atom stereocenters. The molecule has 0 aliphatic heterocycles. The van der Waals surface area contributed by atoms with Crippen LogP contribution in [0.2, 0.25) is 0 Å².